The maximum Gasteiger partial charge on any atom is 0.251 e. The predicted molar refractivity (Wildman–Crippen MR) is 161 cm³/mol. The summed E-state index contributed by atoms with van der Waals surface area (Å²) in [6.07, 6.45) is 0.896. The van der Waals surface area contributed by atoms with Crippen LogP contribution in [0, 0.1) is 29.1 Å². The number of hydrogen-bond donors (Lipinski definition) is 4. The SMILES string of the molecule is CNC(=O)c1cccc(-c2cccc(CN3O[C@@H](CN)[C@H]([C@H](C)O)[C@H]3C(=O)N[C@H]3C[C@H]4C[C@@H]([C@@H]3C)C4(C)C)c2OC)c1. The van der Waals surface area contributed by atoms with Gasteiger partial charge in [-0.1, -0.05) is 51.1 Å². The van der Waals surface area contributed by atoms with E-state index in [4.69, 9.17) is 15.3 Å². The Bertz CT molecular complexity index is 1310. The molecule has 2 aromatic carbocycles. The number of para-hydroxylation sites is 1. The number of amides is 2. The number of ether oxygens (including phenoxy) is 1. The fraction of sp³-hybridized carbons (Fsp3) is 0.576. The van der Waals surface area contributed by atoms with Gasteiger partial charge >= 0.3 is 0 Å². The largest absolute Gasteiger partial charge is 0.496 e. The molecule has 4 aliphatic rings. The highest BCUT2D eigenvalue weighted by Gasteiger charge is 2.57. The molecule has 3 aliphatic carbocycles. The molecule has 1 saturated heterocycles. The zero-order valence-corrected chi connectivity index (χ0v) is 25.6. The highest BCUT2D eigenvalue weighted by atomic mass is 16.7. The summed E-state index contributed by atoms with van der Waals surface area (Å²) in [5.41, 5.74) is 9.43. The van der Waals surface area contributed by atoms with Crippen LogP contribution in [-0.2, 0) is 16.2 Å². The summed E-state index contributed by atoms with van der Waals surface area (Å²) in [4.78, 5) is 32.6. The summed E-state index contributed by atoms with van der Waals surface area (Å²) in [5, 5.41) is 18.5. The lowest BCUT2D eigenvalue weighted by Crippen LogP contribution is -2.62. The fourth-order valence-electron chi connectivity index (χ4n) is 7.85. The maximum atomic E-state index is 14.0. The molecular formula is C33H46N4O5. The van der Waals surface area contributed by atoms with E-state index in [9.17, 15) is 14.7 Å². The Morgan fingerprint density at radius 1 is 1.21 bits per heavy atom. The Morgan fingerprint density at radius 3 is 2.57 bits per heavy atom. The molecule has 1 heterocycles. The Balaban J connectivity index is 1.43. The van der Waals surface area contributed by atoms with Crippen molar-refractivity contribution in [3.05, 3.63) is 53.6 Å². The molecule has 0 unspecified atom stereocenters. The van der Waals surface area contributed by atoms with Gasteiger partial charge in [-0.05, 0) is 60.6 Å². The minimum atomic E-state index is -0.795. The van der Waals surface area contributed by atoms with E-state index in [1.165, 1.54) is 6.42 Å². The molecule has 9 heteroatoms. The highest BCUT2D eigenvalue weighted by molar-refractivity contribution is 5.95. The van der Waals surface area contributed by atoms with Gasteiger partial charge in [0.1, 0.15) is 11.8 Å². The van der Waals surface area contributed by atoms with Crippen molar-refractivity contribution < 1.29 is 24.3 Å². The second-order valence-corrected chi connectivity index (χ2v) is 12.9. The van der Waals surface area contributed by atoms with E-state index in [1.807, 2.05) is 36.4 Å². The lowest BCUT2D eigenvalue weighted by atomic mass is 9.45. The number of hydroxylamine groups is 2. The molecule has 6 rings (SSSR count). The number of nitrogens with two attached hydrogens (primary N) is 1. The van der Waals surface area contributed by atoms with Gasteiger partial charge in [-0.25, -0.2) is 0 Å². The quantitative estimate of drug-likeness (QED) is 0.360. The number of aliphatic hydroxyl groups is 1. The van der Waals surface area contributed by atoms with E-state index >= 15 is 0 Å². The smallest absolute Gasteiger partial charge is 0.251 e. The Kier molecular flexibility index (Phi) is 8.67. The van der Waals surface area contributed by atoms with Crippen molar-refractivity contribution in [1.29, 1.82) is 0 Å². The second-order valence-electron chi connectivity index (χ2n) is 12.9. The van der Waals surface area contributed by atoms with Crippen LogP contribution in [0.25, 0.3) is 11.1 Å². The van der Waals surface area contributed by atoms with Gasteiger partial charge in [0.15, 0.2) is 0 Å². The third-order valence-corrected chi connectivity index (χ3v) is 10.4. The molecule has 1 aliphatic heterocycles. The predicted octanol–water partition coefficient (Wildman–Crippen LogP) is 3.35. The van der Waals surface area contributed by atoms with Crippen LogP contribution in [0.3, 0.4) is 0 Å². The first-order chi connectivity index (χ1) is 20.0. The zero-order chi connectivity index (χ0) is 30.3. The average molecular weight is 579 g/mol. The van der Waals surface area contributed by atoms with Gasteiger partial charge in [0, 0.05) is 42.2 Å². The van der Waals surface area contributed by atoms with E-state index in [2.05, 4.69) is 31.4 Å². The monoisotopic (exact) mass is 578 g/mol. The van der Waals surface area contributed by atoms with Crippen molar-refractivity contribution in [2.45, 2.75) is 71.4 Å². The molecule has 3 saturated carbocycles. The first-order valence-corrected chi connectivity index (χ1v) is 15.1. The van der Waals surface area contributed by atoms with Crippen LogP contribution in [0.5, 0.6) is 5.75 Å². The number of carbonyl (C=O) groups excluding carboxylic acids is 2. The van der Waals surface area contributed by atoms with Crippen molar-refractivity contribution in [3.63, 3.8) is 0 Å². The van der Waals surface area contributed by atoms with Crippen molar-refractivity contribution >= 4 is 11.8 Å². The third-order valence-electron chi connectivity index (χ3n) is 10.4. The van der Waals surface area contributed by atoms with Crippen molar-refractivity contribution in [2.24, 2.45) is 34.8 Å². The topological polar surface area (TPSA) is 126 Å². The maximum absolute atomic E-state index is 14.0. The summed E-state index contributed by atoms with van der Waals surface area (Å²) in [5.74, 6) is 1.41. The number of benzene rings is 2. The first kappa shape index (κ1) is 30.5. The number of nitrogens with zero attached hydrogens (tertiary/aromatic N) is 1. The van der Waals surface area contributed by atoms with E-state index in [0.717, 1.165) is 23.1 Å². The van der Waals surface area contributed by atoms with Crippen molar-refractivity contribution in [2.75, 3.05) is 20.7 Å². The molecule has 2 amide bonds. The Morgan fingerprint density at radius 2 is 1.95 bits per heavy atom. The summed E-state index contributed by atoms with van der Waals surface area (Å²) in [6, 6.07) is 12.5. The normalized spacial score (nSPS) is 30.7. The van der Waals surface area contributed by atoms with Crippen LogP contribution in [-0.4, -0.2) is 67.0 Å². The summed E-state index contributed by atoms with van der Waals surface area (Å²) in [6.45, 7) is 9.07. The molecule has 0 spiro atoms. The van der Waals surface area contributed by atoms with E-state index < -0.39 is 24.2 Å². The summed E-state index contributed by atoms with van der Waals surface area (Å²) < 4.78 is 5.91. The Labute approximate surface area is 249 Å². The molecule has 5 N–H and O–H groups in total. The molecule has 0 radical (unpaired) electrons. The van der Waals surface area contributed by atoms with Crippen molar-refractivity contribution in [3.8, 4) is 16.9 Å². The van der Waals surface area contributed by atoms with Crippen LogP contribution < -0.4 is 21.1 Å². The van der Waals surface area contributed by atoms with Gasteiger partial charge in [0.25, 0.3) is 5.91 Å². The number of nitrogens with one attached hydrogen (secondary N) is 2. The van der Waals surface area contributed by atoms with Gasteiger partial charge < -0.3 is 26.2 Å². The van der Waals surface area contributed by atoms with Gasteiger partial charge in [-0.2, -0.15) is 5.06 Å². The molecule has 4 fully saturated rings. The average Bonchev–Trinajstić information content (AvgIpc) is 3.36. The Hall–Kier alpha value is -2.98. The lowest BCUT2D eigenvalue weighted by Gasteiger charge is -2.62. The summed E-state index contributed by atoms with van der Waals surface area (Å²) in [7, 11) is 3.21. The van der Waals surface area contributed by atoms with E-state index in [-0.39, 0.29) is 30.9 Å². The van der Waals surface area contributed by atoms with Gasteiger partial charge in [-0.15, -0.1) is 0 Å². The standard InChI is InChI=1S/C33H46N4O5/c1-18-25-14-23(33(25,3)4)15-26(18)36-32(40)29-28(19(2)38)27(16-34)42-37(29)17-22-11-8-12-24(30(22)41-6)20-9-7-10-21(13-20)31(39)35-5/h7-13,18-19,23,25-29,38H,14-17,34H2,1-6H3,(H,35,39)(H,36,40)/t18-,19-,23+,25-,26-,27-,28-,29-/m0/s1. The number of rotatable bonds is 9. The van der Waals surface area contributed by atoms with Gasteiger partial charge in [0.2, 0.25) is 5.91 Å². The number of aliphatic hydroxyl groups excluding tert-OH is 1. The molecule has 2 aromatic rings. The minimum absolute atomic E-state index is 0.0909. The van der Waals surface area contributed by atoms with Crippen LogP contribution in [0.2, 0.25) is 0 Å². The molecular weight excluding hydrogens is 532 g/mol. The number of hydrogen-bond acceptors (Lipinski definition) is 7. The highest BCUT2D eigenvalue weighted by Crippen LogP contribution is 2.61. The minimum Gasteiger partial charge on any atom is -0.496 e. The number of carbonyl (C=O) groups is 2. The third kappa shape index (κ3) is 5.32. The first-order valence-electron chi connectivity index (χ1n) is 15.1. The second kappa shape index (κ2) is 12.0. The van der Waals surface area contributed by atoms with E-state index in [0.29, 0.717) is 34.5 Å². The molecule has 0 aromatic heterocycles. The fourth-order valence-corrected chi connectivity index (χ4v) is 7.85. The lowest BCUT2D eigenvalue weighted by molar-refractivity contribution is -0.175. The van der Waals surface area contributed by atoms with Crippen LogP contribution >= 0.6 is 0 Å². The molecule has 2 bridgehead atoms. The molecule has 42 heavy (non-hydrogen) atoms. The van der Waals surface area contributed by atoms with Gasteiger partial charge in [-0.3, -0.25) is 14.4 Å². The number of fused-ring (bicyclic) bond motifs is 2. The molecule has 228 valence electrons. The van der Waals surface area contributed by atoms with Crippen molar-refractivity contribution in [1.82, 2.24) is 15.7 Å². The molecule has 8 atom stereocenters. The van der Waals surface area contributed by atoms with Gasteiger partial charge in [0.05, 0.1) is 25.9 Å². The van der Waals surface area contributed by atoms with Crippen LogP contribution in [0.15, 0.2) is 42.5 Å². The van der Waals surface area contributed by atoms with E-state index in [1.54, 1.807) is 32.2 Å². The summed E-state index contributed by atoms with van der Waals surface area (Å²) >= 11 is 0. The van der Waals surface area contributed by atoms with Crippen LogP contribution in [0.4, 0.5) is 0 Å². The van der Waals surface area contributed by atoms with Crippen LogP contribution in [0.1, 0.15) is 56.5 Å². The molecule has 9 nitrogen and oxygen atoms in total. The zero-order valence-electron chi connectivity index (χ0n) is 25.6. The number of methoxy groups -OCH3 is 1.